The number of carbonyl (C=O) groups excluding carboxylic acids is 4. The molecule has 0 atom stereocenters. The standard InChI is InChI=1S/C22H22N2O6/c1-29-19-6-3-2-5-17(19)18(25)14-30-21(27)13-23-22(28)15-8-10-16(11-9-15)24-12-4-7-20(24)26/h2-3,5-6,8-11H,4,7,12-14H2,1H3,(H,23,28). The molecule has 0 radical (unpaired) electrons. The summed E-state index contributed by atoms with van der Waals surface area (Å²) in [6.45, 7) is -0.151. The van der Waals surface area contributed by atoms with Crippen molar-refractivity contribution in [2.24, 2.45) is 0 Å². The van der Waals surface area contributed by atoms with Gasteiger partial charge in [0.25, 0.3) is 5.91 Å². The zero-order chi connectivity index (χ0) is 21.5. The number of benzene rings is 2. The van der Waals surface area contributed by atoms with Gasteiger partial charge in [-0.15, -0.1) is 0 Å². The number of hydrogen-bond acceptors (Lipinski definition) is 6. The molecule has 1 fully saturated rings. The summed E-state index contributed by atoms with van der Waals surface area (Å²) >= 11 is 0. The SMILES string of the molecule is COc1ccccc1C(=O)COC(=O)CNC(=O)c1ccc(N2CCCC2=O)cc1. The molecule has 156 valence electrons. The maximum atomic E-state index is 12.2. The summed E-state index contributed by atoms with van der Waals surface area (Å²) in [6, 6.07) is 13.2. The van der Waals surface area contributed by atoms with Crippen LogP contribution in [0.25, 0.3) is 0 Å². The molecule has 0 aliphatic carbocycles. The molecule has 1 saturated heterocycles. The molecule has 0 saturated carbocycles. The van der Waals surface area contributed by atoms with E-state index in [0.29, 0.717) is 29.8 Å². The van der Waals surface area contributed by atoms with Crippen LogP contribution in [0.5, 0.6) is 5.75 Å². The molecule has 3 rings (SSSR count). The Bertz CT molecular complexity index is 954. The van der Waals surface area contributed by atoms with Crippen molar-refractivity contribution in [2.75, 3.05) is 31.7 Å². The topological polar surface area (TPSA) is 102 Å². The van der Waals surface area contributed by atoms with Crippen molar-refractivity contribution in [3.63, 3.8) is 0 Å². The van der Waals surface area contributed by atoms with E-state index in [1.165, 1.54) is 7.11 Å². The van der Waals surface area contributed by atoms with Crippen molar-refractivity contribution in [2.45, 2.75) is 12.8 Å². The van der Waals surface area contributed by atoms with Gasteiger partial charge in [0.05, 0.1) is 12.7 Å². The number of ether oxygens (including phenoxy) is 2. The van der Waals surface area contributed by atoms with Crippen LogP contribution in [0.3, 0.4) is 0 Å². The third kappa shape index (κ3) is 5.02. The van der Waals surface area contributed by atoms with Crippen LogP contribution in [-0.4, -0.2) is 50.4 Å². The minimum atomic E-state index is -0.731. The number of carbonyl (C=O) groups is 4. The lowest BCUT2D eigenvalue weighted by molar-refractivity contribution is -0.141. The quantitative estimate of drug-likeness (QED) is 0.527. The van der Waals surface area contributed by atoms with Gasteiger partial charge in [-0.05, 0) is 42.8 Å². The molecule has 1 N–H and O–H groups in total. The third-order valence-corrected chi connectivity index (χ3v) is 4.68. The van der Waals surface area contributed by atoms with E-state index < -0.39 is 24.3 Å². The fourth-order valence-corrected chi connectivity index (χ4v) is 3.12. The van der Waals surface area contributed by atoms with Crippen LogP contribution in [0, 0.1) is 0 Å². The van der Waals surface area contributed by atoms with E-state index in [2.05, 4.69) is 5.32 Å². The number of Topliss-reactive ketones (excluding diaryl/α,β-unsaturated/α-hetero) is 1. The molecule has 8 heteroatoms. The summed E-state index contributed by atoms with van der Waals surface area (Å²) in [5, 5.41) is 2.45. The van der Waals surface area contributed by atoms with E-state index >= 15 is 0 Å². The van der Waals surface area contributed by atoms with Crippen LogP contribution in [-0.2, 0) is 14.3 Å². The Morgan fingerprint density at radius 2 is 1.80 bits per heavy atom. The van der Waals surface area contributed by atoms with E-state index in [1.807, 2.05) is 0 Å². The first-order valence-electron chi connectivity index (χ1n) is 9.50. The minimum absolute atomic E-state index is 0.0672. The molecule has 2 amide bonds. The maximum absolute atomic E-state index is 12.2. The smallest absolute Gasteiger partial charge is 0.325 e. The van der Waals surface area contributed by atoms with Crippen molar-refractivity contribution in [3.05, 3.63) is 59.7 Å². The molecule has 0 spiro atoms. The molecule has 0 aromatic heterocycles. The van der Waals surface area contributed by atoms with Crippen molar-refractivity contribution in [1.82, 2.24) is 5.32 Å². The molecule has 2 aromatic carbocycles. The number of amides is 2. The highest BCUT2D eigenvalue weighted by atomic mass is 16.5. The molecule has 0 bridgehead atoms. The highest BCUT2D eigenvalue weighted by Crippen LogP contribution is 2.21. The number of anilines is 1. The summed E-state index contributed by atoms with van der Waals surface area (Å²) in [4.78, 5) is 49.7. The molecule has 30 heavy (non-hydrogen) atoms. The zero-order valence-corrected chi connectivity index (χ0v) is 16.6. The van der Waals surface area contributed by atoms with Gasteiger partial charge >= 0.3 is 5.97 Å². The lowest BCUT2D eigenvalue weighted by atomic mass is 10.1. The predicted molar refractivity (Wildman–Crippen MR) is 109 cm³/mol. The van der Waals surface area contributed by atoms with Crippen molar-refractivity contribution in [1.29, 1.82) is 0 Å². The van der Waals surface area contributed by atoms with Gasteiger partial charge in [0, 0.05) is 24.2 Å². The summed E-state index contributed by atoms with van der Waals surface area (Å²) in [5.41, 5.74) is 1.40. The van der Waals surface area contributed by atoms with E-state index in [1.54, 1.807) is 53.4 Å². The molecule has 0 unspecified atom stereocenters. The second-order valence-electron chi connectivity index (χ2n) is 6.66. The van der Waals surface area contributed by atoms with Crippen LogP contribution in [0.15, 0.2) is 48.5 Å². The van der Waals surface area contributed by atoms with Crippen LogP contribution in [0.2, 0.25) is 0 Å². The van der Waals surface area contributed by atoms with Gasteiger partial charge in [0.1, 0.15) is 12.3 Å². The van der Waals surface area contributed by atoms with Gasteiger partial charge in [-0.2, -0.15) is 0 Å². The van der Waals surface area contributed by atoms with Crippen LogP contribution < -0.4 is 15.0 Å². The Hall–Kier alpha value is -3.68. The van der Waals surface area contributed by atoms with Crippen molar-refractivity contribution >= 4 is 29.3 Å². The van der Waals surface area contributed by atoms with Crippen molar-refractivity contribution < 1.29 is 28.7 Å². The molecular weight excluding hydrogens is 388 g/mol. The molecular formula is C22H22N2O6. The number of methoxy groups -OCH3 is 1. The van der Waals surface area contributed by atoms with Gasteiger partial charge in [0.15, 0.2) is 6.61 Å². The predicted octanol–water partition coefficient (Wildman–Crippen LogP) is 1.98. The lowest BCUT2D eigenvalue weighted by Crippen LogP contribution is -2.31. The van der Waals surface area contributed by atoms with Gasteiger partial charge in [0.2, 0.25) is 11.7 Å². The first-order valence-corrected chi connectivity index (χ1v) is 9.50. The summed E-state index contributed by atoms with van der Waals surface area (Å²) in [5.74, 6) is -1.13. The Morgan fingerprint density at radius 3 is 2.47 bits per heavy atom. The number of ketones is 1. The number of nitrogens with zero attached hydrogens (tertiary/aromatic N) is 1. The van der Waals surface area contributed by atoms with Crippen LogP contribution in [0.1, 0.15) is 33.6 Å². The number of hydrogen-bond donors (Lipinski definition) is 1. The van der Waals surface area contributed by atoms with E-state index in [-0.39, 0.29) is 12.5 Å². The van der Waals surface area contributed by atoms with Gasteiger partial charge < -0.3 is 19.7 Å². The summed E-state index contributed by atoms with van der Waals surface area (Å²) < 4.78 is 10.0. The van der Waals surface area contributed by atoms with Gasteiger partial charge in [-0.1, -0.05) is 12.1 Å². The third-order valence-electron chi connectivity index (χ3n) is 4.68. The second kappa shape index (κ2) is 9.69. The molecule has 2 aromatic rings. The van der Waals surface area contributed by atoms with Crippen molar-refractivity contribution in [3.8, 4) is 5.75 Å². The van der Waals surface area contributed by atoms with E-state index in [4.69, 9.17) is 9.47 Å². The first-order chi connectivity index (χ1) is 14.5. The fourth-order valence-electron chi connectivity index (χ4n) is 3.12. The molecule has 8 nitrogen and oxygen atoms in total. The Labute approximate surface area is 173 Å². The Morgan fingerprint density at radius 1 is 1.07 bits per heavy atom. The Balaban J connectivity index is 1.47. The zero-order valence-electron chi connectivity index (χ0n) is 16.6. The van der Waals surface area contributed by atoms with Gasteiger partial charge in [-0.25, -0.2) is 0 Å². The lowest BCUT2D eigenvalue weighted by Gasteiger charge is -2.15. The number of nitrogens with one attached hydrogen (secondary N) is 1. The normalized spacial score (nSPS) is 13.1. The molecule has 1 aliphatic rings. The summed E-state index contributed by atoms with van der Waals surface area (Å²) in [6.07, 6.45) is 1.35. The largest absolute Gasteiger partial charge is 0.496 e. The fraction of sp³-hybridized carbons (Fsp3) is 0.273. The number of esters is 1. The second-order valence-corrected chi connectivity index (χ2v) is 6.66. The highest BCUT2D eigenvalue weighted by molar-refractivity contribution is 6.01. The van der Waals surface area contributed by atoms with Crippen LogP contribution >= 0.6 is 0 Å². The summed E-state index contributed by atoms with van der Waals surface area (Å²) in [7, 11) is 1.45. The minimum Gasteiger partial charge on any atom is -0.496 e. The average molecular weight is 410 g/mol. The number of para-hydroxylation sites is 1. The molecule has 1 heterocycles. The molecule has 1 aliphatic heterocycles. The maximum Gasteiger partial charge on any atom is 0.325 e. The van der Waals surface area contributed by atoms with E-state index in [0.717, 1.165) is 12.1 Å². The first kappa shape index (κ1) is 21.0. The monoisotopic (exact) mass is 410 g/mol. The van der Waals surface area contributed by atoms with Crippen LogP contribution in [0.4, 0.5) is 5.69 Å². The average Bonchev–Trinajstić information content (AvgIpc) is 3.21. The highest BCUT2D eigenvalue weighted by Gasteiger charge is 2.22. The van der Waals surface area contributed by atoms with E-state index in [9.17, 15) is 19.2 Å². The number of rotatable bonds is 8. The Kier molecular flexibility index (Phi) is 6.79. The van der Waals surface area contributed by atoms with Gasteiger partial charge in [-0.3, -0.25) is 19.2 Å².